The van der Waals surface area contributed by atoms with Crippen molar-refractivity contribution in [1.82, 2.24) is 4.72 Å². The quantitative estimate of drug-likeness (QED) is 0.251. The first-order chi connectivity index (χ1) is 18.8. The van der Waals surface area contributed by atoms with Crippen molar-refractivity contribution in [3.63, 3.8) is 0 Å². The van der Waals surface area contributed by atoms with Gasteiger partial charge in [-0.3, -0.25) is 4.79 Å². The minimum absolute atomic E-state index is 0.0223. The van der Waals surface area contributed by atoms with Crippen LogP contribution in [0.1, 0.15) is 44.1 Å². The van der Waals surface area contributed by atoms with Crippen LogP contribution in [0.3, 0.4) is 0 Å². The second kappa shape index (κ2) is 11.8. The van der Waals surface area contributed by atoms with Crippen LogP contribution in [0.2, 0.25) is 5.02 Å². The molecular formula is C31H34ClNO5S. The predicted octanol–water partition coefficient (Wildman–Crippen LogP) is 6.29. The summed E-state index contributed by atoms with van der Waals surface area (Å²) in [6, 6.07) is 25.2. The molecule has 1 saturated heterocycles. The molecule has 5 rings (SSSR count). The highest BCUT2D eigenvalue weighted by atomic mass is 35.5. The van der Waals surface area contributed by atoms with Gasteiger partial charge in [0.2, 0.25) is 10.0 Å². The van der Waals surface area contributed by atoms with Crippen molar-refractivity contribution in [2.24, 2.45) is 11.8 Å². The number of rotatable bonds is 12. The van der Waals surface area contributed by atoms with Gasteiger partial charge in [-0.1, -0.05) is 79.0 Å². The number of hydrogen-bond acceptors (Lipinski definition) is 4. The zero-order valence-corrected chi connectivity index (χ0v) is 23.3. The van der Waals surface area contributed by atoms with Crippen LogP contribution in [-0.2, 0) is 25.0 Å². The second-order valence-corrected chi connectivity index (χ2v) is 12.9. The molecule has 2 unspecified atom stereocenters. The maximum atomic E-state index is 13.0. The number of carbonyl (C=O) groups is 1. The Morgan fingerprint density at radius 3 is 2.33 bits per heavy atom. The minimum Gasteiger partial charge on any atom is -0.481 e. The molecule has 2 bridgehead atoms. The Bertz CT molecular complexity index is 1380. The number of hydrogen-bond donors (Lipinski definition) is 2. The summed E-state index contributed by atoms with van der Waals surface area (Å²) in [6.45, 7) is 0.905. The van der Waals surface area contributed by atoms with Gasteiger partial charge < -0.3 is 9.84 Å². The van der Waals surface area contributed by atoms with Gasteiger partial charge in [0.25, 0.3) is 0 Å². The van der Waals surface area contributed by atoms with E-state index >= 15 is 0 Å². The molecule has 8 heteroatoms. The maximum absolute atomic E-state index is 13.0. The fourth-order valence-electron chi connectivity index (χ4n) is 6.46. The molecule has 1 aliphatic carbocycles. The third kappa shape index (κ3) is 6.07. The fourth-order valence-corrected chi connectivity index (χ4v) is 7.66. The normalized spacial score (nSPS) is 24.2. The predicted molar refractivity (Wildman–Crippen MR) is 152 cm³/mol. The van der Waals surface area contributed by atoms with Gasteiger partial charge in [-0.2, -0.15) is 0 Å². The number of unbranched alkanes of at least 4 members (excludes halogenated alkanes) is 2. The Kier molecular flexibility index (Phi) is 8.43. The molecule has 0 aromatic heterocycles. The molecule has 206 valence electrons. The van der Waals surface area contributed by atoms with E-state index in [1.165, 1.54) is 17.7 Å². The first-order valence-electron chi connectivity index (χ1n) is 13.5. The number of halogens is 1. The average molecular weight is 568 g/mol. The number of fused-ring (bicyclic) bond motifs is 2. The SMILES string of the molecule is O=C(O)CCCCC[C@H]1[C@H](CNS(=O)(=O)c2ccc(Cl)cc2)C2CC1(c1ccc(-c3ccccc3)cc1)CO2. The van der Waals surface area contributed by atoms with E-state index in [-0.39, 0.29) is 34.7 Å². The lowest BCUT2D eigenvalue weighted by Gasteiger charge is -2.40. The van der Waals surface area contributed by atoms with Crippen LogP contribution < -0.4 is 4.72 Å². The topological polar surface area (TPSA) is 92.7 Å². The molecule has 1 aliphatic heterocycles. The van der Waals surface area contributed by atoms with E-state index in [1.807, 2.05) is 18.2 Å². The number of nitrogens with one attached hydrogen (secondary N) is 1. The highest BCUT2D eigenvalue weighted by Crippen LogP contribution is 2.56. The number of ether oxygens (including phenoxy) is 1. The molecule has 0 amide bonds. The van der Waals surface area contributed by atoms with Gasteiger partial charge in [0, 0.05) is 29.3 Å². The summed E-state index contributed by atoms with van der Waals surface area (Å²) in [7, 11) is -3.69. The third-order valence-electron chi connectivity index (χ3n) is 8.43. The molecule has 4 atom stereocenters. The number of carboxylic acid groups (broad SMARTS) is 1. The van der Waals surface area contributed by atoms with Crippen molar-refractivity contribution in [3.8, 4) is 11.1 Å². The Morgan fingerprint density at radius 1 is 0.949 bits per heavy atom. The van der Waals surface area contributed by atoms with Crippen LogP contribution in [0.5, 0.6) is 0 Å². The van der Waals surface area contributed by atoms with Crippen molar-refractivity contribution in [2.45, 2.75) is 54.9 Å². The van der Waals surface area contributed by atoms with Gasteiger partial charge >= 0.3 is 5.97 Å². The van der Waals surface area contributed by atoms with Gasteiger partial charge in [0.1, 0.15) is 0 Å². The lowest BCUT2D eigenvalue weighted by molar-refractivity contribution is -0.137. The third-order valence-corrected chi connectivity index (χ3v) is 10.1. The summed E-state index contributed by atoms with van der Waals surface area (Å²) in [5, 5.41) is 9.50. The van der Waals surface area contributed by atoms with Crippen molar-refractivity contribution in [1.29, 1.82) is 0 Å². The number of aliphatic carboxylic acids is 1. The van der Waals surface area contributed by atoms with Gasteiger partial charge in [0.15, 0.2) is 0 Å². The van der Waals surface area contributed by atoms with E-state index in [0.717, 1.165) is 36.8 Å². The summed E-state index contributed by atoms with van der Waals surface area (Å²) in [5.41, 5.74) is 3.35. The van der Waals surface area contributed by atoms with Gasteiger partial charge in [-0.05, 0) is 66.1 Å². The lowest BCUT2D eigenvalue weighted by atomic mass is 9.68. The molecule has 6 nitrogen and oxygen atoms in total. The molecule has 1 saturated carbocycles. The lowest BCUT2D eigenvalue weighted by Crippen LogP contribution is -2.44. The van der Waals surface area contributed by atoms with E-state index in [2.05, 4.69) is 41.1 Å². The summed E-state index contributed by atoms with van der Waals surface area (Å²) >= 11 is 5.95. The number of sulfonamides is 1. The molecule has 3 aromatic rings. The molecule has 39 heavy (non-hydrogen) atoms. The minimum atomic E-state index is -3.69. The zero-order chi connectivity index (χ0) is 27.5. The monoisotopic (exact) mass is 567 g/mol. The van der Waals surface area contributed by atoms with E-state index in [0.29, 0.717) is 24.6 Å². The van der Waals surface area contributed by atoms with Crippen molar-refractivity contribution < 1.29 is 23.1 Å². The first kappa shape index (κ1) is 27.8. The van der Waals surface area contributed by atoms with E-state index in [4.69, 9.17) is 21.4 Å². The Labute approximate surface area is 235 Å². The molecular weight excluding hydrogens is 534 g/mol. The van der Waals surface area contributed by atoms with Crippen LogP contribution in [0.15, 0.2) is 83.8 Å². The highest BCUT2D eigenvalue weighted by molar-refractivity contribution is 7.89. The largest absolute Gasteiger partial charge is 0.481 e. The molecule has 0 radical (unpaired) electrons. The van der Waals surface area contributed by atoms with Crippen LogP contribution in [-0.4, -0.2) is 38.7 Å². The Balaban J connectivity index is 1.36. The van der Waals surface area contributed by atoms with E-state index in [9.17, 15) is 13.2 Å². The summed E-state index contributed by atoms with van der Waals surface area (Å²) in [4.78, 5) is 11.2. The molecule has 2 N–H and O–H groups in total. The molecule has 2 aliphatic rings. The van der Waals surface area contributed by atoms with Crippen LogP contribution >= 0.6 is 11.6 Å². The van der Waals surface area contributed by atoms with Gasteiger partial charge in [-0.25, -0.2) is 13.1 Å². The average Bonchev–Trinajstić information content (AvgIpc) is 3.51. The summed E-state index contributed by atoms with van der Waals surface area (Å²) in [5.74, 6) is -0.529. The summed E-state index contributed by atoms with van der Waals surface area (Å²) < 4.78 is 35.2. The van der Waals surface area contributed by atoms with Gasteiger partial charge in [0.05, 0.1) is 17.6 Å². The second-order valence-electron chi connectivity index (χ2n) is 10.7. The first-order valence-corrected chi connectivity index (χ1v) is 15.4. The Morgan fingerprint density at radius 2 is 1.64 bits per heavy atom. The number of carboxylic acids is 1. The fraction of sp³-hybridized carbons (Fsp3) is 0.387. The number of benzene rings is 3. The molecule has 3 aromatic carbocycles. The van der Waals surface area contributed by atoms with Gasteiger partial charge in [-0.15, -0.1) is 0 Å². The van der Waals surface area contributed by atoms with Crippen LogP contribution in [0.4, 0.5) is 0 Å². The van der Waals surface area contributed by atoms with Crippen molar-refractivity contribution in [2.75, 3.05) is 13.2 Å². The maximum Gasteiger partial charge on any atom is 0.303 e. The van der Waals surface area contributed by atoms with Crippen molar-refractivity contribution >= 4 is 27.6 Å². The van der Waals surface area contributed by atoms with Crippen LogP contribution in [0.25, 0.3) is 11.1 Å². The molecule has 0 spiro atoms. The smallest absolute Gasteiger partial charge is 0.303 e. The Hall–Kier alpha value is -2.71. The van der Waals surface area contributed by atoms with E-state index in [1.54, 1.807) is 12.1 Å². The standard InChI is InChI=1S/C31H34ClNO5S/c32-25-15-17-26(18-16-25)39(36,37)33-20-27-28(9-5-2-6-10-30(34)35)31(19-29(27)38-21-31)24-13-11-23(12-14-24)22-7-3-1-4-8-22/h1,3-4,7-8,11-18,27-29,33H,2,5-6,9-10,19-21H2,(H,34,35)/t27-,28-,29?,31?/m0/s1. The summed E-state index contributed by atoms with van der Waals surface area (Å²) in [6.07, 6.45) is 4.27. The molecule has 1 heterocycles. The van der Waals surface area contributed by atoms with E-state index < -0.39 is 16.0 Å². The highest BCUT2D eigenvalue weighted by Gasteiger charge is 2.59. The zero-order valence-electron chi connectivity index (χ0n) is 21.8. The molecule has 2 fully saturated rings. The van der Waals surface area contributed by atoms with Crippen molar-refractivity contribution in [3.05, 3.63) is 89.4 Å². The van der Waals surface area contributed by atoms with Crippen LogP contribution in [0, 0.1) is 11.8 Å².